The summed E-state index contributed by atoms with van der Waals surface area (Å²) in [5, 5.41) is 6.89. The van der Waals surface area contributed by atoms with E-state index in [1.54, 1.807) is 0 Å². The average molecular weight is 234 g/mol. The first kappa shape index (κ1) is 13.4. The summed E-state index contributed by atoms with van der Waals surface area (Å²) in [6.45, 7) is 1.86. The van der Waals surface area contributed by atoms with Gasteiger partial charge in [-0.2, -0.15) is 0 Å². The van der Waals surface area contributed by atoms with E-state index in [1.807, 2.05) is 0 Å². The van der Waals surface area contributed by atoms with E-state index in [1.165, 1.54) is 11.1 Å². The first-order chi connectivity index (χ1) is 8.17. The van der Waals surface area contributed by atoms with Crippen LogP contribution in [-0.4, -0.2) is 17.4 Å². The molecule has 0 heterocycles. The number of ketones is 1. The van der Waals surface area contributed by atoms with E-state index in [-0.39, 0.29) is 6.47 Å². The Hall–Kier alpha value is -1.64. The van der Waals surface area contributed by atoms with Crippen LogP contribution in [0.2, 0.25) is 0 Å². The normalized spacial score (nSPS) is 15.9. The van der Waals surface area contributed by atoms with Crippen LogP contribution >= 0.6 is 0 Å². The second kappa shape index (κ2) is 6.84. The lowest BCUT2D eigenvalue weighted by Crippen LogP contribution is -2.12. The van der Waals surface area contributed by atoms with Crippen LogP contribution in [0.15, 0.2) is 24.3 Å². The molecule has 0 unspecified atom stereocenters. The van der Waals surface area contributed by atoms with Crippen LogP contribution in [0.4, 0.5) is 0 Å². The number of hydrogen-bond donors (Lipinski definition) is 1. The maximum Gasteiger partial charge on any atom is 0.290 e. The summed E-state index contributed by atoms with van der Waals surface area (Å²) in [4.78, 5) is 19.5. The molecular weight excluding hydrogens is 216 g/mol. The zero-order valence-electron chi connectivity index (χ0n) is 10.1. The number of Topliss-reactive ketones (excluding diaryl/α,β-unsaturated/α-hetero) is 1. The van der Waals surface area contributed by atoms with Gasteiger partial charge in [-0.05, 0) is 31.2 Å². The average Bonchev–Trinajstić information content (AvgIpc) is 2.32. The van der Waals surface area contributed by atoms with Gasteiger partial charge in [-0.15, -0.1) is 0 Å². The van der Waals surface area contributed by atoms with Gasteiger partial charge in [0.25, 0.3) is 6.47 Å². The van der Waals surface area contributed by atoms with Crippen LogP contribution in [0.5, 0.6) is 0 Å². The molecule has 1 aliphatic carbocycles. The van der Waals surface area contributed by atoms with E-state index in [2.05, 4.69) is 31.2 Å². The fourth-order valence-corrected chi connectivity index (χ4v) is 2.11. The van der Waals surface area contributed by atoms with Crippen LogP contribution in [-0.2, 0) is 9.59 Å². The number of benzene rings is 1. The number of carbonyl (C=O) groups is 2. The topological polar surface area (TPSA) is 54.4 Å². The van der Waals surface area contributed by atoms with Crippen molar-refractivity contribution in [2.45, 2.75) is 38.5 Å². The van der Waals surface area contributed by atoms with Crippen molar-refractivity contribution in [3.05, 3.63) is 35.4 Å². The third kappa shape index (κ3) is 4.39. The summed E-state index contributed by atoms with van der Waals surface area (Å²) in [6.07, 6.45) is 3.64. The summed E-state index contributed by atoms with van der Waals surface area (Å²) in [7, 11) is 0. The third-order valence-electron chi connectivity index (χ3n) is 3.09. The van der Waals surface area contributed by atoms with E-state index in [0.29, 0.717) is 11.7 Å². The second-order valence-corrected chi connectivity index (χ2v) is 4.33. The smallest absolute Gasteiger partial charge is 0.290 e. The number of hydrogen-bond acceptors (Lipinski definition) is 2. The molecule has 1 aromatic rings. The zero-order valence-corrected chi connectivity index (χ0v) is 10.1. The maximum absolute atomic E-state index is 11.1. The maximum atomic E-state index is 11.1. The second-order valence-electron chi connectivity index (χ2n) is 4.33. The molecule has 0 aromatic heterocycles. The summed E-state index contributed by atoms with van der Waals surface area (Å²) < 4.78 is 0. The van der Waals surface area contributed by atoms with Gasteiger partial charge in [-0.25, -0.2) is 0 Å². The number of aryl methyl sites for hydroxylation is 1. The van der Waals surface area contributed by atoms with E-state index in [9.17, 15) is 4.79 Å². The zero-order chi connectivity index (χ0) is 12.7. The standard InChI is InChI=1S/C13H16O.CH2O2/c1-10-2-4-11(5-3-10)12-6-8-13(14)9-7-12;2-1-3/h2-5,12H,6-9H2,1H3;1H,(H,2,3). The molecule has 92 valence electrons. The molecule has 1 fully saturated rings. The van der Waals surface area contributed by atoms with Crippen molar-refractivity contribution in [2.75, 3.05) is 0 Å². The first-order valence-electron chi connectivity index (χ1n) is 5.83. The lowest BCUT2D eigenvalue weighted by molar-refractivity contribution is -0.123. The monoisotopic (exact) mass is 234 g/mol. The van der Waals surface area contributed by atoms with Crippen LogP contribution in [0.1, 0.15) is 42.7 Å². The van der Waals surface area contributed by atoms with Crippen molar-refractivity contribution >= 4 is 12.3 Å². The molecule has 1 aromatic carbocycles. The van der Waals surface area contributed by atoms with E-state index >= 15 is 0 Å². The lowest BCUT2D eigenvalue weighted by Gasteiger charge is -2.21. The van der Waals surface area contributed by atoms with Gasteiger partial charge in [0, 0.05) is 12.8 Å². The fraction of sp³-hybridized carbons (Fsp3) is 0.429. The minimum Gasteiger partial charge on any atom is -0.483 e. The quantitative estimate of drug-likeness (QED) is 0.760. The Kier molecular flexibility index (Phi) is 5.40. The van der Waals surface area contributed by atoms with Gasteiger partial charge in [0.2, 0.25) is 0 Å². The number of rotatable bonds is 1. The van der Waals surface area contributed by atoms with Gasteiger partial charge in [-0.3, -0.25) is 9.59 Å². The summed E-state index contributed by atoms with van der Waals surface area (Å²) in [5.41, 5.74) is 2.71. The minimum atomic E-state index is -0.250. The minimum absolute atomic E-state index is 0.250. The molecule has 0 aliphatic heterocycles. The van der Waals surface area contributed by atoms with Crippen LogP contribution in [0, 0.1) is 6.92 Å². The molecular formula is C14H18O3. The number of carbonyl (C=O) groups excluding carboxylic acids is 1. The highest BCUT2D eigenvalue weighted by atomic mass is 16.3. The van der Waals surface area contributed by atoms with Gasteiger partial charge < -0.3 is 5.11 Å². The molecule has 0 spiro atoms. The fourth-order valence-electron chi connectivity index (χ4n) is 2.11. The molecule has 0 amide bonds. The predicted octanol–water partition coefficient (Wildman–Crippen LogP) is 2.92. The summed E-state index contributed by atoms with van der Waals surface area (Å²) in [5.74, 6) is 1.06. The highest BCUT2D eigenvalue weighted by Crippen LogP contribution is 2.30. The Morgan fingerprint density at radius 1 is 1.18 bits per heavy atom. The van der Waals surface area contributed by atoms with E-state index in [4.69, 9.17) is 9.90 Å². The molecule has 17 heavy (non-hydrogen) atoms. The van der Waals surface area contributed by atoms with Gasteiger partial charge in [-0.1, -0.05) is 29.8 Å². The lowest BCUT2D eigenvalue weighted by atomic mass is 9.83. The Balaban J connectivity index is 0.000000437. The van der Waals surface area contributed by atoms with Crippen molar-refractivity contribution in [3.63, 3.8) is 0 Å². The van der Waals surface area contributed by atoms with Gasteiger partial charge >= 0.3 is 0 Å². The molecule has 0 bridgehead atoms. The molecule has 0 saturated heterocycles. The van der Waals surface area contributed by atoms with Crippen LogP contribution in [0.3, 0.4) is 0 Å². The summed E-state index contributed by atoms with van der Waals surface area (Å²) in [6, 6.07) is 8.73. The molecule has 1 aliphatic rings. The van der Waals surface area contributed by atoms with Crippen molar-refractivity contribution in [2.24, 2.45) is 0 Å². The van der Waals surface area contributed by atoms with Crippen molar-refractivity contribution in [3.8, 4) is 0 Å². The molecule has 2 rings (SSSR count). The molecule has 0 radical (unpaired) electrons. The van der Waals surface area contributed by atoms with Crippen molar-refractivity contribution < 1.29 is 14.7 Å². The van der Waals surface area contributed by atoms with Crippen LogP contribution in [0.25, 0.3) is 0 Å². The molecule has 3 heteroatoms. The summed E-state index contributed by atoms with van der Waals surface area (Å²) >= 11 is 0. The predicted molar refractivity (Wildman–Crippen MR) is 66.1 cm³/mol. The van der Waals surface area contributed by atoms with Crippen molar-refractivity contribution in [1.82, 2.24) is 0 Å². The Labute approximate surface area is 101 Å². The van der Waals surface area contributed by atoms with Gasteiger partial charge in [0.15, 0.2) is 0 Å². The van der Waals surface area contributed by atoms with E-state index < -0.39 is 0 Å². The van der Waals surface area contributed by atoms with Gasteiger partial charge in [0.1, 0.15) is 5.78 Å². The SMILES string of the molecule is Cc1ccc(C2CCC(=O)CC2)cc1.O=CO. The molecule has 1 N–H and O–H groups in total. The molecule has 0 atom stereocenters. The van der Waals surface area contributed by atoms with Crippen LogP contribution < -0.4 is 0 Å². The molecule has 3 nitrogen and oxygen atoms in total. The third-order valence-corrected chi connectivity index (χ3v) is 3.09. The highest BCUT2D eigenvalue weighted by molar-refractivity contribution is 5.79. The van der Waals surface area contributed by atoms with Crippen molar-refractivity contribution in [1.29, 1.82) is 0 Å². The first-order valence-corrected chi connectivity index (χ1v) is 5.83. The number of carboxylic acid groups (broad SMARTS) is 1. The van der Waals surface area contributed by atoms with Gasteiger partial charge in [0.05, 0.1) is 0 Å². The Morgan fingerprint density at radius 2 is 1.65 bits per heavy atom. The Morgan fingerprint density at radius 3 is 2.12 bits per heavy atom. The largest absolute Gasteiger partial charge is 0.483 e. The highest BCUT2D eigenvalue weighted by Gasteiger charge is 2.19. The van der Waals surface area contributed by atoms with E-state index in [0.717, 1.165) is 25.7 Å². The molecule has 1 saturated carbocycles. The Bertz CT molecular complexity index is 358.